The molecule has 21 heavy (non-hydrogen) atoms. The predicted molar refractivity (Wildman–Crippen MR) is 69.8 cm³/mol. The van der Waals surface area contributed by atoms with Gasteiger partial charge in [-0.3, -0.25) is 4.79 Å². The third kappa shape index (κ3) is 3.80. The normalized spacial score (nSPS) is 12.1. The summed E-state index contributed by atoms with van der Waals surface area (Å²) in [5, 5.41) is 8.94. The van der Waals surface area contributed by atoms with E-state index in [0.29, 0.717) is 0 Å². The maximum absolute atomic E-state index is 13.1. The van der Waals surface area contributed by atoms with E-state index in [0.717, 1.165) is 13.2 Å². The highest BCUT2D eigenvalue weighted by Gasteiger charge is 2.39. The van der Waals surface area contributed by atoms with E-state index in [1.165, 1.54) is 13.2 Å². The topological polar surface area (TPSA) is 55.8 Å². The number of carboxylic acid groups (broad SMARTS) is 1. The van der Waals surface area contributed by atoms with Gasteiger partial charge in [0, 0.05) is 11.0 Å². The number of carbonyl (C=O) groups is 1. The first-order valence-electron chi connectivity index (χ1n) is 6.08. The number of rotatable bonds is 5. The minimum atomic E-state index is -4.63. The molecule has 0 unspecified atom stereocenters. The second-order valence-corrected chi connectivity index (χ2v) is 5.21. The molecule has 1 aromatic rings. The largest absolute Gasteiger partial charge is 0.497 e. The fourth-order valence-corrected chi connectivity index (χ4v) is 2.13. The van der Waals surface area contributed by atoms with Crippen LogP contribution in [0, 0.1) is 0 Å². The van der Waals surface area contributed by atoms with Crippen molar-refractivity contribution in [2.75, 3.05) is 14.2 Å². The second kappa shape index (κ2) is 5.83. The molecule has 0 aliphatic rings. The van der Waals surface area contributed by atoms with Gasteiger partial charge in [0.15, 0.2) is 0 Å². The van der Waals surface area contributed by atoms with Crippen LogP contribution in [0.15, 0.2) is 12.1 Å². The lowest BCUT2D eigenvalue weighted by Crippen LogP contribution is -2.24. The molecule has 0 saturated heterocycles. The molecule has 1 aromatic carbocycles. The van der Waals surface area contributed by atoms with Crippen molar-refractivity contribution >= 4 is 5.97 Å². The molecule has 0 heterocycles. The lowest BCUT2D eigenvalue weighted by atomic mass is 9.80. The van der Waals surface area contributed by atoms with Crippen molar-refractivity contribution in [1.82, 2.24) is 0 Å². The average Bonchev–Trinajstić information content (AvgIpc) is 2.34. The van der Waals surface area contributed by atoms with E-state index in [1.807, 2.05) is 0 Å². The molecule has 0 aromatic heterocycles. The molecule has 0 spiro atoms. The highest BCUT2D eigenvalue weighted by atomic mass is 19.4. The summed E-state index contributed by atoms with van der Waals surface area (Å²) in [4.78, 5) is 10.9. The predicted octanol–water partition coefficient (Wildman–Crippen LogP) is 3.47. The molecule has 0 aliphatic heterocycles. The van der Waals surface area contributed by atoms with Gasteiger partial charge < -0.3 is 14.6 Å². The van der Waals surface area contributed by atoms with Gasteiger partial charge in [-0.05, 0) is 12.1 Å². The van der Waals surface area contributed by atoms with Crippen molar-refractivity contribution in [3.05, 3.63) is 23.3 Å². The lowest BCUT2D eigenvalue weighted by molar-refractivity contribution is -0.139. The summed E-state index contributed by atoms with van der Waals surface area (Å²) in [7, 11) is 2.37. The van der Waals surface area contributed by atoms with E-state index in [1.54, 1.807) is 13.8 Å². The Morgan fingerprint density at radius 2 is 1.67 bits per heavy atom. The van der Waals surface area contributed by atoms with Gasteiger partial charge in [0.05, 0.1) is 20.6 Å². The molecular weight excluding hydrogens is 289 g/mol. The Bertz CT molecular complexity index is 536. The first kappa shape index (κ1) is 17.1. The summed E-state index contributed by atoms with van der Waals surface area (Å²) in [6.07, 6.45) is -4.97. The standard InChI is InChI=1S/C14H17F3O4/c1-13(2,7-11(18)19)9-5-8(20-3)6-10(12(9)21-4)14(15,16)17/h5-6H,7H2,1-4H3,(H,18,19). The van der Waals surface area contributed by atoms with Crippen molar-refractivity contribution in [3.63, 3.8) is 0 Å². The Morgan fingerprint density at radius 1 is 1.14 bits per heavy atom. The summed E-state index contributed by atoms with van der Waals surface area (Å²) < 4.78 is 49.2. The van der Waals surface area contributed by atoms with Crippen LogP contribution in [-0.2, 0) is 16.4 Å². The number of ether oxygens (including phenoxy) is 2. The molecule has 0 bridgehead atoms. The molecule has 0 amide bonds. The third-order valence-electron chi connectivity index (χ3n) is 3.13. The van der Waals surface area contributed by atoms with Gasteiger partial charge in [-0.15, -0.1) is 0 Å². The van der Waals surface area contributed by atoms with Crippen LogP contribution >= 0.6 is 0 Å². The SMILES string of the molecule is COc1cc(C(F)(F)F)c(OC)c(C(C)(C)CC(=O)O)c1. The van der Waals surface area contributed by atoms with Crippen LogP contribution < -0.4 is 9.47 Å². The van der Waals surface area contributed by atoms with Crippen LogP contribution in [0.5, 0.6) is 11.5 Å². The Labute approximate surface area is 120 Å². The maximum atomic E-state index is 13.1. The van der Waals surface area contributed by atoms with Crippen LogP contribution in [0.25, 0.3) is 0 Å². The van der Waals surface area contributed by atoms with Gasteiger partial charge in [-0.2, -0.15) is 13.2 Å². The van der Waals surface area contributed by atoms with Crippen molar-refractivity contribution in [2.24, 2.45) is 0 Å². The van der Waals surface area contributed by atoms with E-state index in [-0.39, 0.29) is 23.5 Å². The highest BCUT2D eigenvalue weighted by molar-refractivity contribution is 5.69. The summed E-state index contributed by atoms with van der Waals surface area (Å²) >= 11 is 0. The summed E-state index contributed by atoms with van der Waals surface area (Å²) in [5.41, 5.74) is -1.90. The van der Waals surface area contributed by atoms with Crippen molar-refractivity contribution < 1.29 is 32.5 Å². The van der Waals surface area contributed by atoms with Gasteiger partial charge in [-0.25, -0.2) is 0 Å². The van der Waals surface area contributed by atoms with Gasteiger partial charge in [0.1, 0.15) is 17.1 Å². The van der Waals surface area contributed by atoms with E-state index in [2.05, 4.69) is 0 Å². The van der Waals surface area contributed by atoms with E-state index in [4.69, 9.17) is 14.6 Å². The summed E-state index contributed by atoms with van der Waals surface area (Å²) in [6.45, 7) is 3.08. The second-order valence-electron chi connectivity index (χ2n) is 5.21. The van der Waals surface area contributed by atoms with E-state index >= 15 is 0 Å². The summed E-state index contributed by atoms with van der Waals surface area (Å²) in [6, 6.07) is 2.20. The molecule has 0 saturated carbocycles. The molecular formula is C14H17F3O4. The Morgan fingerprint density at radius 3 is 2.05 bits per heavy atom. The number of benzene rings is 1. The molecule has 0 atom stereocenters. The van der Waals surface area contributed by atoms with E-state index < -0.39 is 23.1 Å². The quantitative estimate of drug-likeness (QED) is 0.905. The van der Waals surface area contributed by atoms with Crippen LogP contribution in [0.4, 0.5) is 13.2 Å². The molecule has 4 nitrogen and oxygen atoms in total. The molecule has 118 valence electrons. The number of hydrogen-bond acceptors (Lipinski definition) is 3. The Kier molecular flexibility index (Phi) is 4.76. The minimum absolute atomic E-state index is 0.00316. The molecule has 1 rings (SSSR count). The van der Waals surface area contributed by atoms with Crippen LogP contribution in [0.1, 0.15) is 31.4 Å². The third-order valence-corrected chi connectivity index (χ3v) is 3.13. The van der Waals surface area contributed by atoms with Crippen LogP contribution in [0.3, 0.4) is 0 Å². The maximum Gasteiger partial charge on any atom is 0.420 e. The fraction of sp³-hybridized carbons (Fsp3) is 0.500. The number of methoxy groups -OCH3 is 2. The number of carboxylic acids is 1. The van der Waals surface area contributed by atoms with Crippen LogP contribution in [-0.4, -0.2) is 25.3 Å². The first-order valence-corrected chi connectivity index (χ1v) is 6.08. The lowest BCUT2D eigenvalue weighted by Gasteiger charge is -2.27. The van der Waals surface area contributed by atoms with Gasteiger partial charge in [0.25, 0.3) is 0 Å². The Balaban J connectivity index is 3.60. The fourth-order valence-electron chi connectivity index (χ4n) is 2.13. The number of hydrogen-bond donors (Lipinski definition) is 1. The molecule has 0 aliphatic carbocycles. The number of aliphatic carboxylic acids is 1. The van der Waals surface area contributed by atoms with Crippen LogP contribution in [0.2, 0.25) is 0 Å². The van der Waals surface area contributed by atoms with Gasteiger partial charge in [0.2, 0.25) is 0 Å². The minimum Gasteiger partial charge on any atom is -0.497 e. The molecule has 0 radical (unpaired) electrons. The first-order chi connectivity index (χ1) is 9.52. The zero-order valence-corrected chi connectivity index (χ0v) is 12.2. The van der Waals surface area contributed by atoms with Crippen molar-refractivity contribution in [2.45, 2.75) is 31.9 Å². The van der Waals surface area contributed by atoms with Crippen molar-refractivity contribution in [1.29, 1.82) is 0 Å². The van der Waals surface area contributed by atoms with Gasteiger partial charge >= 0.3 is 12.1 Å². The van der Waals surface area contributed by atoms with Gasteiger partial charge in [-0.1, -0.05) is 13.8 Å². The molecule has 1 N–H and O–H groups in total. The Hall–Kier alpha value is -1.92. The zero-order valence-electron chi connectivity index (χ0n) is 12.2. The highest BCUT2D eigenvalue weighted by Crippen LogP contribution is 2.45. The number of halogens is 3. The van der Waals surface area contributed by atoms with Crippen molar-refractivity contribution in [3.8, 4) is 11.5 Å². The number of alkyl halides is 3. The molecule has 0 fully saturated rings. The monoisotopic (exact) mass is 306 g/mol. The average molecular weight is 306 g/mol. The smallest absolute Gasteiger partial charge is 0.420 e. The molecule has 7 heteroatoms. The van der Waals surface area contributed by atoms with E-state index in [9.17, 15) is 18.0 Å². The zero-order chi connectivity index (χ0) is 16.4. The summed E-state index contributed by atoms with van der Waals surface area (Å²) in [5.74, 6) is -1.50.